The van der Waals surface area contributed by atoms with Gasteiger partial charge < -0.3 is 16.2 Å². The SMILES string of the molecule is CC1CCCCC1NC(=O)Cn1nnc(C(=O)O)c1CN. The Morgan fingerprint density at radius 1 is 1.43 bits per heavy atom. The van der Waals surface area contributed by atoms with Gasteiger partial charge in [-0.05, 0) is 18.8 Å². The molecule has 1 aromatic rings. The zero-order valence-electron chi connectivity index (χ0n) is 12.1. The number of nitrogens with zero attached hydrogens (tertiary/aromatic N) is 3. The Labute approximate surface area is 122 Å². The number of carbonyl (C=O) groups excluding carboxylic acids is 1. The molecular weight excluding hydrogens is 274 g/mol. The molecule has 2 atom stereocenters. The lowest BCUT2D eigenvalue weighted by atomic mass is 9.86. The molecule has 2 unspecified atom stereocenters. The number of carboxylic acids is 1. The lowest BCUT2D eigenvalue weighted by molar-refractivity contribution is -0.123. The number of amides is 1. The fraction of sp³-hybridized carbons (Fsp3) is 0.692. The van der Waals surface area contributed by atoms with E-state index in [0.29, 0.717) is 5.92 Å². The molecule has 0 aromatic carbocycles. The van der Waals surface area contributed by atoms with Crippen LogP contribution >= 0.6 is 0 Å². The van der Waals surface area contributed by atoms with Gasteiger partial charge in [0.15, 0.2) is 5.69 Å². The molecule has 0 bridgehead atoms. The normalized spacial score (nSPS) is 22.0. The van der Waals surface area contributed by atoms with Crippen LogP contribution in [0.15, 0.2) is 0 Å². The standard InChI is InChI=1S/C13H21N5O3/c1-8-4-2-3-5-9(8)15-11(19)7-18-10(6-14)12(13(20)21)16-17-18/h8-9H,2-7,14H2,1H3,(H,15,19)(H,20,21). The van der Waals surface area contributed by atoms with Gasteiger partial charge in [0.25, 0.3) is 0 Å². The number of hydrogen-bond acceptors (Lipinski definition) is 5. The van der Waals surface area contributed by atoms with E-state index in [-0.39, 0.29) is 36.4 Å². The molecule has 1 saturated carbocycles. The molecule has 116 valence electrons. The quantitative estimate of drug-likeness (QED) is 0.709. The summed E-state index contributed by atoms with van der Waals surface area (Å²) in [6, 6.07) is 0.176. The Balaban J connectivity index is 2.01. The first kappa shape index (κ1) is 15.4. The molecule has 1 aromatic heterocycles. The van der Waals surface area contributed by atoms with Gasteiger partial charge in [-0.2, -0.15) is 0 Å². The zero-order valence-corrected chi connectivity index (χ0v) is 12.1. The van der Waals surface area contributed by atoms with Gasteiger partial charge in [-0.3, -0.25) is 4.79 Å². The van der Waals surface area contributed by atoms with Gasteiger partial charge in [-0.15, -0.1) is 5.10 Å². The fourth-order valence-corrected chi connectivity index (χ4v) is 2.75. The molecule has 1 aliphatic rings. The van der Waals surface area contributed by atoms with Crippen LogP contribution in [0.5, 0.6) is 0 Å². The van der Waals surface area contributed by atoms with Crippen LogP contribution in [0, 0.1) is 5.92 Å². The zero-order chi connectivity index (χ0) is 15.4. The van der Waals surface area contributed by atoms with Gasteiger partial charge in [-0.25, -0.2) is 9.48 Å². The molecule has 1 aliphatic carbocycles. The summed E-state index contributed by atoms with van der Waals surface area (Å²) in [6.45, 7) is 2.05. The monoisotopic (exact) mass is 295 g/mol. The number of nitrogens with two attached hydrogens (primary N) is 1. The van der Waals surface area contributed by atoms with Crippen molar-refractivity contribution in [1.29, 1.82) is 0 Å². The summed E-state index contributed by atoms with van der Waals surface area (Å²) < 4.78 is 1.26. The van der Waals surface area contributed by atoms with Crippen molar-refractivity contribution in [1.82, 2.24) is 20.3 Å². The van der Waals surface area contributed by atoms with Crippen LogP contribution in [0.1, 0.15) is 48.8 Å². The molecule has 1 amide bonds. The van der Waals surface area contributed by atoms with E-state index in [9.17, 15) is 9.59 Å². The van der Waals surface area contributed by atoms with E-state index in [1.165, 1.54) is 11.1 Å². The minimum Gasteiger partial charge on any atom is -0.476 e. The summed E-state index contributed by atoms with van der Waals surface area (Å²) in [7, 11) is 0. The predicted molar refractivity (Wildman–Crippen MR) is 74.4 cm³/mol. The van der Waals surface area contributed by atoms with Crippen LogP contribution in [0.2, 0.25) is 0 Å². The van der Waals surface area contributed by atoms with Gasteiger partial charge in [0.1, 0.15) is 6.54 Å². The van der Waals surface area contributed by atoms with Gasteiger partial charge in [0.2, 0.25) is 5.91 Å². The van der Waals surface area contributed by atoms with E-state index in [1.807, 2.05) is 0 Å². The molecule has 2 rings (SSSR count). The summed E-state index contributed by atoms with van der Waals surface area (Å²) >= 11 is 0. The van der Waals surface area contributed by atoms with Crippen LogP contribution in [0.4, 0.5) is 0 Å². The van der Waals surface area contributed by atoms with E-state index in [1.54, 1.807) is 0 Å². The summed E-state index contributed by atoms with van der Waals surface area (Å²) in [5.74, 6) is -0.921. The molecule has 8 nitrogen and oxygen atoms in total. The molecular formula is C13H21N5O3. The molecule has 0 radical (unpaired) electrons. The van der Waals surface area contributed by atoms with E-state index >= 15 is 0 Å². The number of carboxylic acid groups (broad SMARTS) is 1. The number of hydrogen-bond donors (Lipinski definition) is 3. The van der Waals surface area contributed by atoms with E-state index in [2.05, 4.69) is 22.6 Å². The maximum absolute atomic E-state index is 12.1. The molecule has 0 spiro atoms. The highest BCUT2D eigenvalue weighted by Crippen LogP contribution is 2.23. The molecule has 8 heteroatoms. The van der Waals surface area contributed by atoms with Crippen molar-refractivity contribution >= 4 is 11.9 Å². The second kappa shape index (κ2) is 6.66. The Hall–Kier alpha value is -1.96. The highest BCUT2D eigenvalue weighted by Gasteiger charge is 2.24. The number of aromatic carboxylic acids is 1. The van der Waals surface area contributed by atoms with Gasteiger partial charge >= 0.3 is 5.97 Å². The number of carbonyl (C=O) groups is 2. The lowest BCUT2D eigenvalue weighted by Gasteiger charge is -2.29. The third-order valence-corrected chi connectivity index (χ3v) is 3.98. The van der Waals surface area contributed by atoms with Crippen LogP contribution in [-0.2, 0) is 17.9 Å². The number of rotatable bonds is 5. The van der Waals surface area contributed by atoms with Crippen molar-refractivity contribution < 1.29 is 14.7 Å². The van der Waals surface area contributed by atoms with Crippen LogP contribution < -0.4 is 11.1 Å². The van der Waals surface area contributed by atoms with Crippen molar-refractivity contribution in [2.45, 2.75) is 51.7 Å². The van der Waals surface area contributed by atoms with Crippen molar-refractivity contribution in [2.24, 2.45) is 11.7 Å². The third kappa shape index (κ3) is 3.57. The van der Waals surface area contributed by atoms with Gasteiger partial charge in [0, 0.05) is 12.6 Å². The lowest BCUT2D eigenvalue weighted by Crippen LogP contribution is -2.42. The summed E-state index contributed by atoms with van der Waals surface area (Å²) in [4.78, 5) is 23.1. The first-order chi connectivity index (χ1) is 10.0. The third-order valence-electron chi connectivity index (χ3n) is 3.98. The topological polar surface area (TPSA) is 123 Å². The van der Waals surface area contributed by atoms with E-state index < -0.39 is 5.97 Å². The Kier molecular flexibility index (Phi) is 4.89. The maximum Gasteiger partial charge on any atom is 0.358 e. The minimum atomic E-state index is -1.19. The van der Waals surface area contributed by atoms with Crippen LogP contribution in [-0.4, -0.2) is 38.0 Å². The Morgan fingerprint density at radius 2 is 2.14 bits per heavy atom. The smallest absolute Gasteiger partial charge is 0.358 e. The van der Waals surface area contributed by atoms with Gasteiger partial charge in [0.05, 0.1) is 5.69 Å². The Bertz CT molecular complexity index is 528. The number of aromatic nitrogens is 3. The van der Waals surface area contributed by atoms with Crippen molar-refractivity contribution in [3.8, 4) is 0 Å². The first-order valence-electron chi connectivity index (χ1n) is 7.18. The minimum absolute atomic E-state index is 0.0260. The van der Waals surface area contributed by atoms with Crippen molar-refractivity contribution in [3.63, 3.8) is 0 Å². The van der Waals surface area contributed by atoms with Gasteiger partial charge in [-0.1, -0.05) is 25.0 Å². The van der Waals surface area contributed by atoms with E-state index in [4.69, 9.17) is 10.8 Å². The van der Waals surface area contributed by atoms with Crippen molar-refractivity contribution in [2.75, 3.05) is 0 Å². The maximum atomic E-state index is 12.1. The first-order valence-corrected chi connectivity index (χ1v) is 7.18. The highest BCUT2D eigenvalue weighted by molar-refractivity contribution is 5.86. The Morgan fingerprint density at radius 3 is 2.76 bits per heavy atom. The second-order valence-electron chi connectivity index (χ2n) is 5.49. The molecule has 1 heterocycles. The summed E-state index contributed by atoms with van der Waals surface area (Å²) in [5, 5.41) is 19.2. The number of nitrogens with one attached hydrogen (secondary N) is 1. The largest absolute Gasteiger partial charge is 0.476 e. The second-order valence-corrected chi connectivity index (χ2v) is 5.49. The van der Waals surface area contributed by atoms with E-state index in [0.717, 1.165) is 19.3 Å². The highest BCUT2D eigenvalue weighted by atomic mass is 16.4. The van der Waals surface area contributed by atoms with Crippen LogP contribution in [0.3, 0.4) is 0 Å². The van der Waals surface area contributed by atoms with Crippen molar-refractivity contribution in [3.05, 3.63) is 11.4 Å². The summed E-state index contributed by atoms with van der Waals surface area (Å²) in [6.07, 6.45) is 4.42. The predicted octanol–water partition coefficient (Wildman–Crippen LogP) is 0.130. The molecule has 1 fully saturated rings. The summed E-state index contributed by atoms with van der Waals surface area (Å²) in [5.41, 5.74) is 5.58. The van der Waals surface area contributed by atoms with Crippen LogP contribution in [0.25, 0.3) is 0 Å². The molecule has 0 aliphatic heterocycles. The molecule has 4 N–H and O–H groups in total. The molecule has 0 saturated heterocycles. The fourth-order valence-electron chi connectivity index (χ4n) is 2.75. The molecule has 21 heavy (non-hydrogen) atoms. The average Bonchev–Trinajstić information content (AvgIpc) is 2.84. The average molecular weight is 295 g/mol.